The lowest BCUT2D eigenvalue weighted by Gasteiger charge is -2.23. The third-order valence-electron chi connectivity index (χ3n) is 2.82. The van der Waals surface area contributed by atoms with Crippen LogP contribution in [0.25, 0.3) is 0 Å². The Kier molecular flexibility index (Phi) is 6.25. The number of rotatable bonds is 7. The quantitative estimate of drug-likeness (QED) is 0.598. The largest absolute Gasteiger partial charge is 0.573 e. The molecule has 0 fully saturated rings. The highest BCUT2D eigenvalue weighted by molar-refractivity contribution is 5.28. The lowest BCUT2D eigenvalue weighted by Crippen LogP contribution is -2.45. The highest BCUT2D eigenvalue weighted by atomic mass is 19.4. The molecule has 2 atom stereocenters. The van der Waals surface area contributed by atoms with Crippen molar-refractivity contribution in [2.45, 2.75) is 38.8 Å². The molecule has 0 aliphatic carbocycles. The number of nitrogens with two attached hydrogens (primary N) is 1. The van der Waals surface area contributed by atoms with Crippen LogP contribution in [0.5, 0.6) is 5.75 Å². The van der Waals surface area contributed by atoms with E-state index in [2.05, 4.69) is 10.2 Å². The number of benzene rings is 1. The first-order valence-electron chi connectivity index (χ1n) is 6.28. The van der Waals surface area contributed by atoms with Gasteiger partial charge in [0.2, 0.25) is 0 Å². The summed E-state index contributed by atoms with van der Waals surface area (Å²) in [6.45, 7) is 4.33. The maximum atomic E-state index is 12.0. The van der Waals surface area contributed by atoms with Crippen molar-refractivity contribution in [3.05, 3.63) is 29.8 Å². The molecule has 3 N–H and O–H groups in total. The summed E-state index contributed by atoms with van der Waals surface area (Å²) in [7, 11) is 0. The monoisotopic (exact) mass is 292 g/mol. The van der Waals surface area contributed by atoms with Gasteiger partial charge in [0.1, 0.15) is 5.75 Å². The van der Waals surface area contributed by atoms with Crippen LogP contribution in [0.15, 0.2) is 24.3 Å². The lowest BCUT2D eigenvalue weighted by atomic mass is 10.0. The van der Waals surface area contributed by atoms with E-state index in [-0.39, 0.29) is 17.9 Å². The summed E-state index contributed by atoms with van der Waals surface area (Å²) in [4.78, 5) is 0. The summed E-state index contributed by atoms with van der Waals surface area (Å²) >= 11 is 0. The smallest absolute Gasteiger partial charge is 0.406 e. The van der Waals surface area contributed by atoms with Crippen LogP contribution in [0.1, 0.15) is 19.4 Å². The van der Waals surface area contributed by atoms with Crippen LogP contribution in [0.4, 0.5) is 13.2 Å². The van der Waals surface area contributed by atoms with E-state index in [4.69, 9.17) is 10.6 Å². The molecule has 2 unspecified atom stereocenters. The van der Waals surface area contributed by atoms with E-state index in [1.165, 1.54) is 12.1 Å². The molecule has 1 rings (SSSR count). The second-order valence-electron chi connectivity index (χ2n) is 4.33. The number of hydrogen-bond acceptors (Lipinski definition) is 4. The zero-order valence-corrected chi connectivity index (χ0v) is 11.4. The Morgan fingerprint density at radius 3 is 2.30 bits per heavy atom. The van der Waals surface area contributed by atoms with E-state index in [1.807, 2.05) is 13.8 Å². The lowest BCUT2D eigenvalue weighted by molar-refractivity contribution is -0.274. The van der Waals surface area contributed by atoms with Gasteiger partial charge < -0.3 is 9.47 Å². The predicted molar refractivity (Wildman–Crippen MR) is 69.0 cm³/mol. The molecule has 0 aromatic heterocycles. The molecule has 114 valence electrons. The average Bonchev–Trinajstić information content (AvgIpc) is 2.36. The number of hydrogen-bond donors (Lipinski definition) is 2. The van der Waals surface area contributed by atoms with Crippen molar-refractivity contribution in [1.29, 1.82) is 0 Å². The maximum Gasteiger partial charge on any atom is 0.573 e. The zero-order chi connectivity index (χ0) is 15.2. The Morgan fingerprint density at radius 2 is 1.85 bits per heavy atom. The first-order valence-corrected chi connectivity index (χ1v) is 6.28. The Morgan fingerprint density at radius 1 is 1.25 bits per heavy atom. The highest BCUT2D eigenvalue weighted by Crippen LogP contribution is 2.23. The number of halogens is 3. The summed E-state index contributed by atoms with van der Waals surface area (Å²) in [5.74, 6) is 5.22. The van der Waals surface area contributed by atoms with Crippen molar-refractivity contribution in [1.82, 2.24) is 5.43 Å². The van der Waals surface area contributed by atoms with Crippen LogP contribution < -0.4 is 16.0 Å². The van der Waals surface area contributed by atoms with Crippen LogP contribution >= 0.6 is 0 Å². The molecule has 1 aromatic rings. The van der Waals surface area contributed by atoms with Crippen molar-refractivity contribution in [3.8, 4) is 5.75 Å². The Labute approximate surface area is 116 Å². The topological polar surface area (TPSA) is 56.5 Å². The molecule has 0 aliphatic rings. The summed E-state index contributed by atoms with van der Waals surface area (Å²) in [5, 5.41) is 0. The van der Waals surface area contributed by atoms with Gasteiger partial charge in [0.05, 0.1) is 12.1 Å². The molecule has 0 saturated carbocycles. The van der Waals surface area contributed by atoms with E-state index < -0.39 is 6.36 Å². The molecule has 0 amide bonds. The zero-order valence-electron chi connectivity index (χ0n) is 11.4. The minimum atomic E-state index is -4.67. The second kappa shape index (κ2) is 7.47. The SMILES string of the molecule is CCOC(C)C(Cc1ccc(OC(F)(F)F)cc1)NN. The Balaban J connectivity index is 2.64. The summed E-state index contributed by atoms with van der Waals surface area (Å²) in [5.41, 5.74) is 3.49. The number of ether oxygens (including phenoxy) is 2. The van der Waals surface area contributed by atoms with Crippen molar-refractivity contribution < 1.29 is 22.6 Å². The molecule has 0 saturated heterocycles. The Bertz CT molecular complexity index is 396. The van der Waals surface area contributed by atoms with Gasteiger partial charge in [-0.2, -0.15) is 0 Å². The van der Waals surface area contributed by atoms with Gasteiger partial charge in [0, 0.05) is 6.61 Å². The minimum absolute atomic E-state index is 0.101. The summed E-state index contributed by atoms with van der Waals surface area (Å²) in [6.07, 6.45) is -4.23. The fourth-order valence-corrected chi connectivity index (χ4v) is 1.82. The minimum Gasteiger partial charge on any atom is -0.406 e. The molecule has 1 aromatic carbocycles. The molecule has 0 aliphatic heterocycles. The number of alkyl halides is 3. The highest BCUT2D eigenvalue weighted by Gasteiger charge is 2.31. The van der Waals surface area contributed by atoms with E-state index in [0.717, 1.165) is 5.56 Å². The third kappa shape index (κ3) is 5.77. The number of nitrogens with one attached hydrogen (secondary N) is 1. The van der Waals surface area contributed by atoms with E-state index in [1.54, 1.807) is 12.1 Å². The van der Waals surface area contributed by atoms with Crippen LogP contribution in [0.2, 0.25) is 0 Å². The molecular formula is C13H19F3N2O2. The summed E-state index contributed by atoms with van der Waals surface area (Å²) in [6, 6.07) is 5.59. The van der Waals surface area contributed by atoms with Crippen molar-refractivity contribution in [3.63, 3.8) is 0 Å². The molecule has 7 heteroatoms. The van der Waals surface area contributed by atoms with Crippen LogP contribution in [-0.2, 0) is 11.2 Å². The van der Waals surface area contributed by atoms with Gasteiger partial charge in [-0.3, -0.25) is 11.3 Å². The van der Waals surface area contributed by atoms with Gasteiger partial charge in [-0.15, -0.1) is 13.2 Å². The molecule has 20 heavy (non-hydrogen) atoms. The van der Waals surface area contributed by atoms with Gasteiger partial charge in [-0.1, -0.05) is 12.1 Å². The van der Waals surface area contributed by atoms with Crippen molar-refractivity contribution >= 4 is 0 Å². The van der Waals surface area contributed by atoms with Gasteiger partial charge in [-0.25, -0.2) is 0 Å². The first kappa shape index (κ1) is 16.7. The van der Waals surface area contributed by atoms with Crippen molar-refractivity contribution in [2.75, 3.05) is 6.61 Å². The Hall–Kier alpha value is -1.31. The molecule has 4 nitrogen and oxygen atoms in total. The molecule has 0 heterocycles. The van der Waals surface area contributed by atoms with Crippen LogP contribution in [-0.4, -0.2) is 25.1 Å². The van der Waals surface area contributed by atoms with E-state index in [9.17, 15) is 13.2 Å². The molecule has 0 bridgehead atoms. The standard InChI is InChI=1S/C13H19F3N2O2/c1-3-19-9(2)12(18-17)8-10-4-6-11(7-5-10)20-13(14,15)16/h4-7,9,12,18H,3,8,17H2,1-2H3. The fourth-order valence-electron chi connectivity index (χ4n) is 1.82. The van der Waals surface area contributed by atoms with Gasteiger partial charge in [-0.05, 0) is 38.0 Å². The molecule has 0 spiro atoms. The van der Waals surface area contributed by atoms with Crippen LogP contribution in [0.3, 0.4) is 0 Å². The predicted octanol–water partition coefficient (Wildman–Crippen LogP) is 2.38. The van der Waals surface area contributed by atoms with Gasteiger partial charge >= 0.3 is 6.36 Å². The van der Waals surface area contributed by atoms with Gasteiger partial charge in [0.15, 0.2) is 0 Å². The van der Waals surface area contributed by atoms with E-state index in [0.29, 0.717) is 13.0 Å². The number of hydrazine groups is 1. The van der Waals surface area contributed by atoms with Crippen LogP contribution in [0, 0.1) is 0 Å². The van der Waals surface area contributed by atoms with Crippen molar-refractivity contribution in [2.24, 2.45) is 5.84 Å². The molecule has 0 radical (unpaired) electrons. The van der Waals surface area contributed by atoms with E-state index >= 15 is 0 Å². The maximum absolute atomic E-state index is 12.0. The average molecular weight is 292 g/mol. The normalized spacial score (nSPS) is 14.9. The summed E-state index contributed by atoms with van der Waals surface area (Å²) < 4.78 is 45.3. The fraction of sp³-hybridized carbons (Fsp3) is 0.538. The molecular weight excluding hydrogens is 273 g/mol. The van der Waals surface area contributed by atoms with Gasteiger partial charge in [0.25, 0.3) is 0 Å². The second-order valence-corrected chi connectivity index (χ2v) is 4.33. The third-order valence-corrected chi connectivity index (χ3v) is 2.82. The first-order chi connectivity index (χ1) is 9.35.